The van der Waals surface area contributed by atoms with Crippen molar-refractivity contribution in [2.24, 2.45) is 0 Å². The first kappa shape index (κ1) is 16.8. The molecule has 0 fully saturated rings. The lowest BCUT2D eigenvalue weighted by atomic mass is 10.1. The summed E-state index contributed by atoms with van der Waals surface area (Å²) in [4.78, 5) is 4.08. The summed E-state index contributed by atoms with van der Waals surface area (Å²) < 4.78 is 11.3. The molecule has 4 rings (SSSR count). The van der Waals surface area contributed by atoms with Crippen molar-refractivity contribution in [3.63, 3.8) is 0 Å². The van der Waals surface area contributed by atoms with Gasteiger partial charge in [0, 0.05) is 24.2 Å². The summed E-state index contributed by atoms with van der Waals surface area (Å²) in [6.45, 7) is 0.554. The van der Waals surface area contributed by atoms with Gasteiger partial charge in [-0.1, -0.05) is 47.6 Å². The third kappa shape index (κ3) is 4.15. The van der Waals surface area contributed by atoms with Crippen LogP contribution in [0.1, 0.15) is 16.9 Å². The lowest BCUT2D eigenvalue weighted by molar-refractivity contribution is 0.306. The van der Waals surface area contributed by atoms with E-state index in [0.29, 0.717) is 24.5 Å². The van der Waals surface area contributed by atoms with E-state index < -0.39 is 0 Å². The van der Waals surface area contributed by atoms with E-state index in [1.807, 2.05) is 72.8 Å². The number of hydrogen-bond acceptors (Lipinski definition) is 5. The Morgan fingerprint density at radius 1 is 0.889 bits per heavy atom. The van der Waals surface area contributed by atoms with Crippen molar-refractivity contribution < 1.29 is 9.26 Å². The number of pyridine rings is 1. The van der Waals surface area contributed by atoms with Crippen molar-refractivity contribution in [2.45, 2.75) is 13.0 Å². The van der Waals surface area contributed by atoms with Crippen molar-refractivity contribution >= 4 is 5.82 Å². The molecule has 4 aromatic rings. The zero-order valence-corrected chi connectivity index (χ0v) is 14.7. The Morgan fingerprint density at radius 2 is 1.70 bits per heavy atom. The largest absolute Gasteiger partial charge is 0.489 e. The van der Waals surface area contributed by atoms with Crippen LogP contribution in [0.2, 0.25) is 0 Å². The zero-order chi connectivity index (χ0) is 18.5. The van der Waals surface area contributed by atoms with Gasteiger partial charge in [-0.3, -0.25) is 0 Å². The molecule has 2 heterocycles. The van der Waals surface area contributed by atoms with Crippen LogP contribution in [0.25, 0.3) is 11.3 Å². The number of nitrogens with zero attached hydrogens (tertiary/aromatic N) is 2. The minimum Gasteiger partial charge on any atom is -0.489 e. The smallest absolute Gasteiger partial charge is 0.141 e. The molecule has 0 saturated carbocycles. The van der Waals surface area contributed by atoms with E-state index in [9.17, 15) is 0 Å². The summed E-state index contributed by atoms with van der Waals surface area (Å²) in [5.41, 5.74) is 9.62. The van der Waals surface area contributed by atoms with Gasteiger partial charge in [-0.05, 0) is 35.4 Å². The van der Waals surface area contributed by atoms with E-state index in [2.05, 4.69) is 10.1 Å². The SMILES string of the molecule is Nc1ncccc1-c1cc(Cc2ccc(OCc3ccccc3)cc2)on1. The standard InChI is InChI=1S/C22H19N3O2/c23-22-20(7-4-12-24-22)21-14-19(27-25-21)13-16-8-10-18(11-9-16)26-15-17-5-2-1-3-6-17/h1-12,14H,13,15H2,(H2,23,24). The Bertz CT molecular complexity index is 1010. The minimum absolute atomic E-state index is 0.442. The maximum absolute atomic E-state index is 5.89. The van der Waals surface area contributed by atoms with Crippen LogP contribution in [0.5, 0.6) is 5.75 Å². The molecule has 0 saturated heterocycles. The average Bonchev–Trinajstić information content (AvgIpc) is 3.17. The number of nitrogen functional groups attached to an aromatic ring is 1. The number of benzene rings is 2. The molecule has 27 heavy (non-hydrogen) atoms. The van der Waals surface area contributed by atoms with Gasteiger partial charge >= 0.3 is 0 Å². The molecule has 134 valence electrons. The van der Waals surface area contributed by atoms with Crippen LogP contribution < -0.4 is 10.5 Å². The van der Waals surface area contributed by atoms with Crippen LogP contribution in [0.15, 0.2) is 83.5 Å². The highest BCUT2D eigenvalue weighted by Gasteiger charge is 2.10. The summed E-state index contributed by atoms with van der Waals surface area (Å²) in [6, 6.07) is 23.7. The Hall–Kier alpha value is -3.60. The molecule has 0 unspecified atom stereocenters. The number of hydrogen-bond donors (Lipinski definition) is 1. The van der Waals surface area contributed by atoms with E-state index in [1.54, 1.807) is 6.20 Å². The second-order valence-corrected chi connectivity index (χ2v) is 6.21. The Kier molecular flexibility index (Phi) is 4.83. The van der Waals surface area contributed by atoms with Crippen LogP contribution in [0.4, 0.5) is 5.82 Å². The van der Waals surface area contributed by atoms with Gasteiger partial charge < -0.3 is 15.0 Å². The lowest BCUT2D eigenvalue weighted by Crippen LogP contribution is -1.95. The maximum Gasteiger partial charge on any atom is 0.141 e. The molecule has 2 aromatic carbocycles. The number of rotatable bonds is 6. The number of ether oxygens (including phenoxy) is 1. The normalized spacial score (nSPS) is 10.7. The molecule has 0 aliphatic heterocycles. The van der Waals surface area contributed by atoms with Crippen LogP contribution in [-0.2, 0) is 13.0 Å². The Balaban J connectivity index is 1.39. The number of nitrogens with two attached hydrogens (primary N) is 1. The molecule has 2 N–H and O–H groups in total. The predicted octanol–water partition coefficient (Wildman–Crippen LogP) is 4.49. The first-order valence-corrected chi connectivity index (χ1v) is 8.70. The Labute approximate surface area is 157 Å². The third-order valence-corrected chi connectivity index (χ3v) is 4.22. The van der Waals surface area contributed by atoms with Gasteiger partial charge in [0.1, 0.15) is 29.6 Å². The molecule has 0 bridgehead atoms. The first-order valence-electron chi connectivity index (χ1n) is 8.70. The van der Waals surface area contributed by atoms with Crippen LogP contribution in [-0.4, -0.2) is 10.1 Å². The maximum atomic E-state index is 5.89. The molecule has 5 heteroatoms. The van der Waals surface area contributed by atoms with Gasteiger partial charge in [0.05, 0.1) is 0 Å². The van der Waals surface area contributed by atoms with Gasteiger partial charge in [0.2, 0.25) is 0 Å². The van der Waals surface area contributed by atoms with E-state index in [0.717, 1.165) is 28.2 Å². The van der Waals surface area contributed by atoms with E-state index in [-0.39, 0.29) is 0 Å². The highest BCUT2D eigenvalue weighted by Crippen LogP contribution is 2.24. The summed E-state index contributed by atoms with van der Waals surface area (Å²) in [5.74, 6) is 2.05. The summed E-state index contributed by atoms with van der Waals surface area (Å²) in [7, 11) is 0. The molecule has 0 amide bonds. The van der Waals surface area contributed by atoms with Crippen molar-refractivity contribution in [1.82, 2.24) is 10.1 Å². The van der Waals surface area contributed by atoms with Crippen molar-refractivity contribution in [2.75, 3.05) is 5.73 Å². The van der Waals surface area contributed by atoms with E-state index in [1.165, 1.54) is 0 Å². The second-order valence-electron chi connectivity index (χ2n) is 6.21. The van der Waals surface area contributed by atoms with Gasteiger partial charge in [-0.15, -0.1) is 0 Å². The van der Waals surface area contributed by atoms with Gasteiger partial charge in [-0.25, -0.2) is 4.98 Å². The summed E-state index contributed by atoms with van der Waals surface area (Å²) in [6.07, 6.45) is 2.30. The molecule has 0 aliphatic rings. The van der Waals surface area contributed by atoms with Crippen LogP contribution in [0, 0.1) is 0 Å². The summed E-state index contributed by atoms with van der Waals surface area (Å²) in [5, 5.41) is 4.10. The van der Waals surface area contributed by atoms with Gasteiger partial charge in [-0.2, -0.15) is 0 Å². The lowest BCUT2D eigenvalue weighted by Gasteiger charge is -2.07. The van der Waals surface area contributed by atoms with Crippen LogP contribution in [0.3, 0.4) is 0 Å². The van der Waals surface area contributed by atoms with Crippen molar-refractivity contribution in [3.05, 3.63) is 95.9 Å². The predicted molar refractivity (Wildman–Crippen MR) is 104 cm³/mol. The fraction of sp³-hybridized carbons (Fsp3) is 0.0909. The monoisotopic (exact) mass is 357 g/mol. The highest BCUT2D eigenvalue weighted by molar-refractivity contribution is 5.70. The van der Waals surface area contributed by atoms with Crippen molar-refractivity contribution in [1.29, 1.82) is 0 Å². The molecule has 0 atom stereocenters. The fourth-order valence-corrected chi connectivity index (χ4v) is 2.80. The third-order valence-electron chi connectivity index (χ3n) is 4.22. The number of anilines is 1. The topological polar surface area (TPSA) is 74.2 Å². The minimum atomic E-state index is 0.442. The molecule has 2 aromatic heterocycles. The quantitative estimate of drug-likeness (QED) is 0.550. The molecular formula is C22H19N3O2. The fourth-order valence-electron chi connectivity index (χ4n) is 2.80. The summed E-state index contributed by atoms with van der Waals surface area (Å²) >= 11 is 0. The van der Waals surface area contributed by atoms with Crippen LogP contribution >= 0.6 is 0 Å². The van der Waals surface area contributed by atoms with Crippen molar-refractivity contribution in [3.8, 4) is 17.0 Å². The second kappa shape index (κ2) is 7.74. The van der Waals surface area contributed by atoms with E-state index >= 15 is 0 Å². The highest BCUT2D eigenvalue weighted by atomic mass is 16.5. The molecular weight excluding hydrogens is 338 g/mol. The molecule has 0 aliphatic carbocycles. The average molecular weight is 357 g/mol. The molecule has 5 nitrogen and oxygen atoms in total. The van der Waals surface area contributed by atoms with E-state index in [4.69, 9.17) is 15.0 Å². The Morgan fingerprint density at radius 3 is 2.48 bits per heavy atom. The molecule has 0 radical (unpaired) electrons. The van der Waals surface area contributed by atoms with Gasteiger partial charge in [0.25, 0.3) is 0 Å². The van der Waals surface area contributed by atoms with Gasteiger partial charge in [0.15, 0.2) is 0 Å². The molecule has 0 spiro atoms. The zero-order valence-electron chi connectivity index (χ0n) is 14.7. The number of aromatic nitrogens is 2. The first-order chi connectivity index (χ1) is 13.3.